The van der Waals surface area contributed by atoms with Gasteiger partial charge in [-0.3, -0.25) is 39.1 Å². The van der Waals surface area contributed by atoms with Crippen molar-refractivity contribution in [2.24, 2.45) is 10.2 Å². The Morgan fingerprint density at radius 2 is 0.800 bits per heavy atom. The minimum atomic E-state index is -5.02. The normalized spacial score (nSPS) is 14.3. The standard InChI is InChI=1S/C46H40N6O16S2/c1-63-33-19-29(20-34(64-2)43(33)67-5)49-51-39-37(69(57,58)59)17-25-15-27(11-13-31(25)41(39)53)47-45(55)23-7-9-24(10-8-23)46(56)48-28-12-14-32-26(16-28)18-38(70(60,61)62)40(42(32)54)52-50-30-21-35(65-3)44(68-6)36(22-30)66-4/h7-22,49-50H,1-6H3,(H,47,55)(H,48,56)(H,57,58,59)(H,60,61,62)/b51-39-,52-40-. The molecule has 0 atom stereocenters. The topological polar surface area (TPSA) is 305 Å². The van der Waals surface area contributed by atoms with Crippen molar-refractivity contribution in [1.29, 1.82) is 0 Å². The Morgan fingerprint density at radius 3 is 1.09 bits per heavy atom. The van der Waals surface area contributed by atoms with Crippen LogP contribution in [0.1, 0.15) is 52.6 Å². The van der Waals surface area contributed by atoms with Crippen LogP contribution < -0.4 is 49.9 Å². The zero-order valence-corrected chi connectivity index (χ0v) is 39.2. The molecule has 22 nitrogen and oxygen atoms in total. The van der Waals surface area contributed by atoms with Gasteiger partial charge in [-0.05, 0) is 83.9 Å². The number of Topliss-reactive ketones (excluding diaryl/α,β-unsaturated/α-hetero) is 2. The van der Waals surface area contributed by atoms with E-state index in [4.69, 9.17) is 28.4 Å². The summed E-state index contributed by atoms with van der Waals surface area (Å²) in [7, 11) is -1.68. The Hall–Kier alpha value is -8.58. The molecule has 0 saturated carbocycles. The molecule has 2 aliphatic carbocycles. The average molecular weight is 997 g/mol. The lowest BCUT2D eigenvalue weighted by Gasteiger charge is -2.18. The number of nitrogens with one attached hydrogen (secondary N) is 4. The second kappa shape index (κ2) is 19.9. The molecule has 5 aromatic carbocycles. The summed E-state index contributed by atoms with van der Waals surface area (Å²) in [5.74, 6) is -1.52. The molecule has 0 aliphatic heterocycles. The van der Waals surface area contributed by atoms with Crippen molar-refractivity contribution in [3.63, 3.8) is 0 Å². The van der Waals surface area contributed by atoms with Crippen LogP contribution in [0.2, 0.25) is 0 Å². The molecule has 0 aromatic heterocycles. The number of ether oxygens (including phenoxy) is 6. The number of carbonyl (C=O) groups excluding carboxylic acids is 4. The van der Waals surface area contributed by atoms with Gasteiger partial charge >= 0.3 is 0 Å². The fraction of sp³-hybridized carbons (Fsp3) is 0.130. The molecule has 70 heavy (non-hydrogen) atoms. The highest BCUT2D eigenvalue weighted by Crippen LogP contribution is 2.41. The lowest BCUT2D eigenvalue weighted by Crippen LogP contribution is -2.27. The molecule has 2 amide bonds. The van der Waals surface area contributed by atoms with Crippen molar-refractivity contribution in [3.05, 3.63) is 128 Å². The fourth-order valence-corrected chi connectivity index (χ4v) is 8.47. The summed E-state index contributed by atoms with van der Waals surface area (Å²) in [4.78, 5) is 52.2. The van der Waals surface area contributed by atoms with Crippen molar-refractivity contribution in [1.82, 2.24) is 0 Å². The molecule has 5 aromatic rings. The SMILES string of the molecule is COc1cc(N/N=C2\C(=O)c3ccc(NC(=O)c4ccc(C(=O)Nc5ccc6c(c5)C=C(S(=O)(=O)O)/C(=N/Nc5cc(OC)c(OC)c(OC)c5)C6=O)cc4)cc3C=C2S(=O)(=O)O)cc(OC)c1OC. The van der Waals surface area contributed by atoms with Gasteiger partial charge in [-0.2, -0.15) is 27.0 Å². The van der Waals surface area contributed by atoms with E-state index in [-0.39, 0.29) is 90.6 Å². The molecular formula is C46H40N6O16S2. The molecular weight excluding hydrogens is 957 g/mol. The van der Waals surface area contributed by atoms with Gasteiger partial charge in [0, 0.05) is 57.9 Å². The number of anilines is 4. The first-order chi connectivity index (χ1) is 33.3. The van der Waals surface area contributed by atoms with Crippen LogP contribution in [0.25, 0.3) is 12.2 Å². The molecule has 7 rings (SSSR count). The predicted octanol–water partition coefficient (Wildman–Crippen LogP) is 6.03. The maximum Gasteiger partial charge on any atom is 0.296 e. The number of benzene rings is 5. The number of allylic oxidation sites excluding steroid dienone is 2. The lowest BCUT2D eigenvalue weighted by molar-refractivity contribution is 0.101. The summed E-state index contributed by atoms with van der Waals surface area (Å²) in [6, 6.07) is 19.4. The Kier molecular flexibility index (Phi) is 14.1. The highest BCUT2D eigenvalue weighted by atomic mass is 32.2. The van der Waals surface area contributed by atoms with E-state index in [0.29, 0.717) is 0 Å². The van der Waals surface area contributed by atoms with Crippen LogP contribution in [0.5, 0.6) is 34.5 Å². The summed E-state index contributed by atoms with van der Waals surface area (Å²) in [6.45, 7) is 0. The fourth-order valence-electron chi connectivity index (χ4n) is 7.15. The number of methoxy groups -OCH3 is 6. The molecule has 0 spiro atoms. The van der Waals surface area contributed by atoms with Gasteiger partial charge in [0.2, 0.25) is 23.1 Å². The van der Waals surface area contributed by atoms with Crippen LogP contribution in [-0.4, -0.2) is 103 Å². The smallest absolute Gasteiger partial charge is 0.296 e. The highest BCUT2D eigenvalue weighted by Gasteiger charge is 2.35. The predicted molar refractivity (Wildman–Crippen MR) is 257 cm³/mol. The van der Waals surface area contributed by atoms with Gasteiger partial charge in [-0.15, -0.1) is 0 Å². The summed E-state index contributed by atoms with van der Waals surface area (Å²) in [5, 5.41) is 13.3. The summed E-state index contributed by atoms with van der Waals surface area (Å²) in [5.41, 5.74) is 4.95. The molecule has 2 aliphatic rings. The molecule has 6 N–H and O–H groups in total. The first-order valence-corrected chi connectivity index (χ1v) is 23.0. The molecule has 0 radical (unpaired) electrons. The van der Waals surface area contributed by atoms with E-state index < -0.39 is 64.9 Å². The minimum Gasteiger partial charge on any atom is -0.493 e. The van der Waals surface area contributed by atoms with Gasteiger partial charge in [0.15, 0.2) is 34.4 Å². The zero-order chi connectivity index (χ0) is 50.7. The first-order valence-electron chi connectivity index (χ1n) is 20.1. The van der Waals surface area contributed by atoms with Crippen LogP contribution in [-0.2, 0) is 20.2 Å². The third kappa shape index (κ3) is 10.1. The van der Waals surface area contributed by atoms with Crippen molar-refractivity contribution in [2.45, 2.75) is 0 Å². The Morgan fingerprint density at radius 1 is 0.471 bits per heavy atom. The molecule has 362 valence electrons. The van der Waals surface area contributed by atoms with E-state index in [2.05, 4.69) is 31.7 Å². The van der Waals surface area contributed by atoms with Crippen molar-refractivity contribution < 1.29 is 73.5 Å². The van der Waals surface area contributed by atoms with Gasteiger partial charge in [-0.1, -0.05) is 0 Å². The second-order valence-electron chi connectivity index (χ2n) is 14.7. The number of ketones is 2. The lowest BCUT2D eigenvalue weighted by atomic mass is 9.94. The van der Waals surface area contributed by atoms with Gasteiger partial charge in [0.1, 0.15) is 9.81 Å². The Bertz CT molecular complexity index is 3100. The average Bonchev–Trinajstić information content (AvgIpc) is 3.34. The van der Waals surface area contributed by atoms with Gasteiger partial charge < -0.3 is 39.1 Å². The first kappa shape index (κ1) is 49.3. The number of rotatable bonds is 16. The van der Waals surface area contributed by atoms with Crippen molar-refractivity contribution in [2.75, 3.05) is 64.1 Å². The number of nitrogens with zero attached hydrogens (tertiary/aromatic N) is 2. The summed E-state index contributed by atoms with van der Waals surface area (Å²) >= 11 is 0. The maximum atomic E-state index is 13.6. The van der Waals surface area contributed by atoms with Crippen LogP contribution in [0, 0.1) is 0 Å². The number of fused-ring (bicyclic) bond motifs is 2. The Labute approximate surface area is 399 Å². The van der Waals surface area contributed by atoms with E-state index in [1.54, 1.807) is 0 Å². The van der Waals surface area contributed by atoms with Gasteiger partial charge in [-0.25, -0.2) is 0 Å². The molecule has 24 heteroatoms. The Balaban J connectivity index is 1.05. The monoisotopic (exact) mass is 996 g/mol. The summed E-state index contributed by atoms with van der Waals surface area (Å²) in [6.07, 6.45) is 2.05. The third-order valence-electron chi connectivity index (χ3n) is 10.5. The van der Waals surface area contributed by atoms with Crippen LogP contribution >= 0.6 is 0 Å². The maximum absolute atomic E-state index is 13.6. The quantitative estimate of drug-likeness (QED) is 0.0486. The summed E-state index contributed by atoms with van der Waals surface area (Å²) < 4.78 is 102. The van der Waals surface area contributed by atoms with Crippen LogP contribution in [0.3, 0.4) is 0 Å². The third-order valence-corrected chi connectivity index (χ3v) is 12.2. The zero-order valence-electron chi connectivity index (χ0n) is 37.6. The van der Waals surface area contributed by atoms with Crippen LogP contribution in [0.4, 0.5) is 22.7 Å². The molecule has 0 bridgehead atoms. The highest BCUT2D eigenvalue weighted by molar-refractivity contribution is 7.91. The largest absolute Gasteiger partial charge is 0.493 e. The van der Waals surface area contributed by atoms with Crippen molar-refractivity contribution in [3.8, 4) is 34.5 Å². The molecule has 0 saturated heterocycles. The van der Waals surface area contributed by atoms with Gasteiger partial charge in [0.05, 0.1) is 54.0 Å². The number of hydrogen-bond acceptors (Lipinski definition) is 18. The van der Waals surface area contributed by atoms with E-state index >= 15 is 0 Å². The van der Waals surface area contributed by atoms with E-state index in [9.17, 15) is 45.1 Å². The number of amides is 2. The molecule has 0 fully saturated rings. The number of hydrogen-bond donors (Lipinski definition) is 6. The van der Waals surface area contributed by atoms with E-state index in [1.165, 1.54) is 128 Å². The van der Waals surface area contributed by atoms with Crippen LogP contribution in [0.15, 0.2) is 105 Å². The van der Waals surface area contributed by atoms with Gasteiger partial charge in [0.25, 0.3) is 32.1 Å². The minimum absolute atomic E-state index is 0.00613. The number of carbonyl (C=O) groups is 4. The van der Waals surface area contributed by atoms with E-state index in [0.717, 1.165) is 12.2 Å². The second-order valence-corrected chi connectivity index (χ2v) is 17.5. The molecule has 0 unspecified atom stereocenters. The van der Waals surface area contributed by atoms with Crippen molar-refractivity contribution >= 4 is 89.9 Å². The van der Waals surface area contributed by atoms with E-state index in [1.807, 2.05) is 0 Å². The molecule has 0 heterocycles. The number of hydrazone groups is 2.